The molecule has 1 unspecified atom stereocenters. The maximum absolute atomic E-state index is 12.7. The minimum Gasteiger partial charge on any atom is -0.496 e. The maximum atomic E-state index is 12.7. The Kier molecular flexibility index (Phi) is 5.07. The van der Waals surface area contributed by atoms with Crippen molar-refractivity contribution < 1.29 is 13.6 Å². The van der Waals surface area contributed by atoms with E-state index < -0.39 is 7.04 Å². The van der Waals surface area contributed by atoms with Crippen molar-refractivity contribution in [3.05, 3.63) is 62.6 Å². The molecule has 0 N–H and O–H groups in total. The third-order valence-electron chi connectivity index (χ3n) is 3.05. The molecule has 0 fully saturated rings. The van der Waals surface area contributed by atoms with Crippen LogP contribution in [0.3, 0.4) is 0 Å². The van der Waals surface area contributed by atoms with Gasteiger partial charge in [-0.05, 0) is 27.6 Å². The van der Waals surface area contributed by atoms with Crippen LogP contribution < -0.4 is 4.74 Å². The van der Waals surface area contributed by atoms with Gasteiger partial charge in [-0.25, -0.2) is 0 Å². The molecular formula is C16H12Br3ClO2. The molecule has 0 aromatic heterocycles. The minimum atomic E-state index is -2.60. The lowest BCUT2D eigenvalue weighted by atomic mass is 10.0. The lowest BCUT2D eigenvalue weighted by Crippen LogP contribution is -2.03. The van der Waals surface area contributed by atoms with Crippen molar-refractivity contribution in [1.82, 2.24) is 0 Å². The highest BCUT2D eigenvalue weighted by Crippen LogP contribution is 2.33. The first-order valence-electron chi connectivity index (χ1n) is 7.65. The van der Waals surface area contributed by atoms with Crippen LogP contribution >= 0.6 is 59.4 Å². The van der Waals surface area contributed by atoms with E-state index in [-0.39, 0.29) is 26.9 Å². The molecule has 0 aliphatic rings. The zero-order chi connectivity index (χ0) is 18.8. The number of methoxy groups -OCH3 is 1. The number of rotatable bonds is 5. The van der Waals surface area contributed by atoms with Crippen LogP contribution in [0.25, 0.3) is 0 Å². The Hall–Kier alpha value is -0.360. The molecule has 116 valence electrons. The quantitative estimate of drug-likeness (QED) is 0.352. The molecule has 2 nitrogen and oxygen atoms in total. The number of ether oxygens (including phenoxy) is 1. The fraction of sp³-hybridized carbons (Fsp3) is 0.188. The fourth-order valence-electron chi connectivity index (χ4n) is 1.87. The third-order valence-corrected chi connectivity index (χ3v) is 6.35. The molecular weight excluding hydrogens is 499 g/mol. The molecule has 0 aliphatic carbocycles. The summed E-state index contributed by atoms with van der Waals surface area (Å²) in [6.07, 6.45) is 0. The van der Waals surface area contributed by atoms with Crippen LogP contribution in [0.15, 0.2) is 40.9 Å². The van der Waals surface area contributed by atoms with Gasteiger partial charge in [-0.15, -0.1) is 0 Å². The van der Waals surface area contributed by atoms with E-state index in [0.717, 1.165) is 10.9 Å². The maximum Gasteiger partial charge on any atom is 0.194 e. The van der Waals surface area contributed by atoms with Crippen LogP contribution in [0.2, 0.25) is 5.02 Å². The lowest BCUT2D eigenvalue weighted by Gasteiger charge is -2.10. The van der Waals surface area contributed by atoms with Gasteiger partial charge in [0.2, 0.25) is 0 Å². The number of carbonyl (C=O) groups is 1. The molecule has 2 aromatic rings. The van der Waals surface area contributed by atoms with Crippen LogP contribution in [0.4, 0.5) is 0 Å². The van der Waals surface area contributed by atoms with Crippen molar-refractivity contribution in [2.75, 3.05) is 12.4 Å². The molecule has 6 heteroatoms. The van der Waals surface area contributed by atoms with Crippen molar-refractivity contribution in [2.24, 2.45) is 0 Å². The molecule has 0 saturated carbocycles. The summed E-state index contributed by atoms with van der Waals surface area (Å²) in [5.41, 5.74) is 1.79. The normalized spacial score (nSPS) is 14.6. The van der Waals surface area contributed by atoms with Gasteiger partial charge in [0.15, 0.2) is 5.78 Å². The number of hydrogen-bond donors (Lipinski definition) is 0. The van der Waals surface area contributed by atoms with Crippen molar-refractivity contribution in [3.8, 4) is 5.75 Å². The summed E-state index contributed by atoms with van der Waals surface area (Å²) in [6.45, 7) is 0. The highest BCUT2D eigenvalue weighted by molar-refractivity contribution is 9.12. The molecule has 0 bridgehead atoms. The van der Waals surface area contributed by atoms with Gasteiger partial charge in [0.1, 0.15) is 5.75 Å². The minimum absolute atomic E-state index is 0.0522. The van der Waals surface area contributed by atoms with Crippen LogP contribution in [0, 0.1) is 0 Å². The van der Waals surface area contributed by atoms with E-state index in [1.54, 1.807) is 12.1 Å². The smallest absolute Gasteiger partial charge is 0.194 e. The molecule has 2 rings (SSSR count). The van der Waals surface area contributed by atoms with Gasteiger partial charge >= 0.3 is 0 Å². The first-order valence-corrected chi connectivity index (χ1v) is 9.36. The second kappa shape index (κ2) is 7.95. The van der Waals surface area contributed by atoms with E-state index in [1.807, 2.05) is 12.1 Å². The van der Waals surface area contributed by atoms with Gasteiger partial charge in [0, 0.05) is 27.4 Å². The number of halogens is 4. The van der Waals surface area contributed by atoms with E-state index in [9.17, 15) is 4.79 Å². The Morgan fingerprint density at radius 1 is 1.36 bits per heavy atom. The van der Waals surface area contributed by atoms with E-state index in [2.05, 4.69) is 47.8 Å². The van der Waals surface area contributed by atoms with Crippen molar-refractivity contribution in [3.63, 3.8) is 0 Å². The number of alkyl halides is 2. The van der Waals surface area contributed by atoms with E-state index in [0.29, 0.717) is 10.0 Å². The van der Waals surface area contributed by atoms with Gasteiger partial charge in [-0.3, -0.25) is 4.79 Å². The standard InChI is InChI=1S/C16H12Br3ClO2/c1-22-15-7-14(20)11(6-12(15)18)16(21)10-4-2-9(3-5-10)13(19)8-17/h2-7,13H,8H2,1H3/i1D3. The number of benzene rings is 2. The molecule has 2 aromatic carbocycles. The summed E-state index contributed by atoms with van der Waals surface area (Å²) in [7, 11) is -2.60. The molecule has 0 spiro atoms. The predicted octanol–water partition coefficient (Wildman–Crippen LogP) is 6.17. The van der Waals surface area contributed by atoms with Crippen LogP contribution in [0.1, 0.15) is 30.4 Å². The zero-order valence-corrected chi connectivity index (χ0v) is 16.6. The Morgan fingerprint density at radius 2 is 2.05 bits per heavy atom. The van der Waals surface area contributed by atoms with E-state index in [1.165, 1.54) is 12.1 Å². The molecule has 22 heavy (non-hydrogen) atoms. The summed E-state index contributed by atoms with van der Waals surface area (Å²) < 4.78 is 26.7. The monoisotopic (exact) mass is 511 g/mol. The molecule has 0 radical (unpaired) electrons. The Labute approximate surface area is 163 Å². The molecule has 0 aliphatic heterocycles. The number of hydrogen-bond acceptors (Lipinski definition) is 2. The molecule has 0 saturated heterocycles. The second-order valence-corrected chi connectivity index (χ2v) is 7.45. The first kappa shape index (κ1) is 14.0. The van der Waals surface area contributed by atoms with E-state index in [4.69, 9.17) is 20.5 Å². The Balaban J connectivity index is 2.32. The van der Waals surface area contributed by atoms with E-state index >= 15 is 0 Å². The number of ketones is 1. The van der Waals surface area contributed by atoms with Gasteiger partial charge < -0.3 is 4.74 Å². The molecule has 1 atom stereocenters. The second-order valence-electron chi connectivity index (χ2n) is 4.44. The zero-order valence-electron chi connectivity index (χ0n) is 14.1. The summed E-state index contributed by atoms with van der Waals surface area (Å²) in [6, 6.07) is 9.97. The van der Waals surface area contributed by atoms with Crippen molar-refractivity contribution in [1.29, 1.82) is 0 Å². The Bertz CT molecular complexity index is 779. The average molecular weight is 514 g/mol. The summed E-state index contributed by atoms with van der Waals surface area (Å²) in [5.74, 6) is -0.209. The topological polar surface area (TPSA) is 26.3 Å². The number of carbonyl (C=O) groups excluding carboxylic acids is 1. The Morgan fingerprint density at radius 3 is 2.64 bits per heavy atom. The highest BCUT2D eigenvalue weighted by Gasteiger charge is 2.16. The van der Waals surface area contributed by atoms with Gasteiger partial charge in [-0.2, -0.15) is 0 Å². The fourth-order valence-corrected chi connectivity index (χ4v) is 3.21. The van der Waals surface area contributed by atoms with Crippen LogP contribution in [-0.4, -0.2) is 18.2 Å². The van der Waals surface area contributed by atoms with Crippen molar-refractivity contribution in [2.45, 2.75) is 4.83 Å². The predicted molar refractivity (Wildman–Crippen MR) is 101 cm³/mol. The lowest BCUT2D eigenvalue weighted by molar-refractivity contribution is 0.103. The highest BCUT2D eigenvalue weighted by atomic mass is 79.9. The molecule has 0 heterocycles. The summed E-state index contributed by atoms with van der Waals surface area (Å²) in [5, 5.41) is 0.875. The third kappa shape index (κ3) is 3.94. The summed E-state index contributed by atoms with van der Waals surface area (Å²) >= 11 is 16.3. The van der Waals surface area contributed by atoms with Crippen LogP contribution in [-0.2, 0) is 0 Å². The van der Waals surface area contributed by atoms with Crippen LogP contribution in [0.5, 0.6) is 5.75 Å². The average Bonchev–Trinajstić information content (AvgIpc) is 2.55. The first-order chi connectivity index (χ1) is 11.6. The van der Waals surface area contributed by atoms with Crippen molar-refractivity contribution >= 4 is 65.2 Å². The summed E-state index contributed by atoms with van der Waals surface area (Å²) in [4.78, 5) is 12.8. The van der Waals surface area contributed by atoms with Gasteiger partial charge in [-0.1, -0.05) is 67.7 Å². The van der Waals surface area contributed by atoms with Gasteiger partial charge in [0.05, 0.1) is 20.6 Å². The molecule has 0 amide bonds. The van der Waals surface area contributed by atoms with Gasteiger partial charge in [0.25, 0.3) is 0 Å². The largest absolute Gasteiger partial charge is 0.496 e. The SMILES string of the molecule is [2H]C([2H])([2H])Oc1cc(Cl)c(C(=O)c2ccc(C(Br)CBr)cc2)cc1Br.